The van der Waals surface area contributed by atoms with E-state index in [1.165, 1.54) is 83.2 Å². The Bertz CT molecular complexity index is 2990. The molecule has 3 nitrogen and oxygen atoms in total. The van der Waals surface area contributed by atoms with Crippen LogP contribution in [-0.2, 0) is 10.8 Å². The Morgan fingerprint density at radius 3 is 1.98 bits per heavy atom. The Morgan fingerprint density at radius 1 is 0.537 bits per heavy atom. The van der Waals surface area contributed by atoms with Crippen molar-refractivity contribution in [2.24, 2.45) is 0 Å². The van der Waals surface area contributed by atoms with Crippen molar-refractivity contribution in [1.82, 2.24) is 4.48 Å². The van der Waals surface area contributed by atoms with E-state index in [0.717, 1.165) is 21.9 Å². The molecule has 0 spiro atoms. The van der Waals surface area contributed by atoms with Gasteiger partial charge in [-0.2, -0.15) is 0 Å². The minimum atomic E-state index is -0.0762. The Labute approximate surface area is 316 Å². The fourth-order valence-electron chi connectivity index (χ4n) is 9.34. The molecule has 9 aromatic rings. The number of benzene rings is 7. The molecule has 4 heteroatoms. The van der Waals surface area contributed by atoms with Gasteiger partial charge < -0.3 is 13.8 Å². The summed E-state index contributed by atoms with van der Waals surface area (Å²) in [6.07, 6.45) is 0. The van der Waals surface area contributed by atoms with Crippen LogP contribution in [0.5, 0.6) is 0 Å². The highest BCUT2D eigenvalue weighted by Gasteiger charge is 2.44. The van der Waals surface area contributed by atoms with Crippen LogP contribution in [0.4, 0.5) is 17.1 Å². The van der Waals surface area contributed by atoms with Gasteiger partial charge >= 0.3 is 6.85 Å². The van der Waals surface area contributed by atoms with Crippen LogP contribution in [0.2, 0.25) is 0 Å². The summed E-state index contributed by atoms with van der Waals surface area (Å²) in [5.74, 6) is 0. The maximum Gasteiger partial charge on any atom is 0.333 e. The average Bonchev–Trinajstić information content (AvgIpc) is 3.72. The summed E-state index contributed by atoms with van der Waals surface area (Å²) in [6.45, 7) is 13.9. The molecule has 54 heavy (non-hydrogen) atoms. The van der Waals surface area contributed by atoms with Crippen molar-refractivity contribution in [3.05, 3.63) is 151 Å². The van der Waals surface area contributed by atoms with Gasteiger partial charge in [0.15, 0.2) is 0 Å². The molecule has 0 bridgehead atoms. The molecule has 2 aliphatic rings. The average molecular weight is 697 g/mol. The number of hydrogen-bond donors (Lipinski definition) is 0. The lowest BCUT2D eigenvalue weighted by molar-refractivity contribution is 0.569. The highest BCUT2D eigenvalue weighted by atomic mass is 16.3. The molecule has 0 fully saturated rings. The van der Waals surface area contributed by atoms with E-state index in [1.807, 2.05) is 0 Å². The van der Waals surface area contributed by atoms with Gasteiger partial charge in [-0.15, -0.1) is 0 Å². The number of hydrogen-bond acceptors (Lipinski definition) is 2. The molecule has 2 aliphatic heterocycles. The summed E-state index contributed by atoms with van der Waals surface area (Å²) >= 11 is 0. The fraction of sp³-hybridized carbons (Fsp3) is 0.160. The lowest BCUT2D eigenvalue weighted by Gasteiger charge is -2.41. The quantitative estimate of drug-likeness (QED) is 0.168. The molecular formula is C50H41BN2O. The Hall–Kier alpha value is -6.00. The predicted molar refractivity (Wildman–Crippen MR) is 230 cm³/mol. The summed E-state index contributed by atoms with van der Waals surface area (Å²) in [4.78, 5) is 2.57. The molecule has 2 aromatic heterocycles. The standard InChI is InChI=1S/C50H41BN2O/c1-49(2,3)32-26-33(50(4,5)6)28-34(27-32)52-42-24-23-31(30-15-8-7-9-16-30)25-40(42)51-46-43(52)29-39-36-18-11-13-22-44(36)54-48(39)45(46)38-20-14-19-37-35-17-10-12-21-41(35)53(51)47(37)38/h7-29H,1-6H3. The molecule has 0 saturated carbocycles. The van der Waals surface area contributed by atoms with Crippen molar-refractivity contribution < 1.29 is 4.42 Å². The molecule has 0 aliphatic carbocycles. The minimum absolute atomic E-state index is 0.0346. The summed E-state index contributed by atoms with van der Waals surface area (Å²) in [6, 6.07) is 52.0. The normalized spacial score (nSPS) is 13.7. The van der Waals surface area contributed by atoms with Crippen molar-refractivity contribution in [2.75, 3.05) is 4.90 Å². The largest absolute Gasteiger partial charge is 0.455 e. The monoisotopic (exact) mass is 696 g/mol. The Kier molecular flexibility index (Phi) is 6.30. The van der Waals surface area contributed by atoms with Gasteiger partial charge in [0.1, 0.15) is 11.2 Å². The van der Waals surface area contributed by atoms with E-state index in [4.69, 9.17) is 4.42 Å². The van der Waals surface area contributed by atoms with Gasteiger partial charge in [0, 0.05) is 60.8 Å². The van der Waals surface area contributed by atoms with Crippen LogP contribution in [0, 0.1) is 0 Å². The van der Waals surface area contributed by atoms with Gasteiger partial charge in [0.2, 0.25) is 0 Å². The van der Waals surface area contributed by atoms with Gasteiger partial charge in [-0.25, -0.2) is 0 Å². The number of fused-ring (bicyclic) bond motifs is 11. The van der Waals surface area contributed by atoms with E-state index in [0.29, 0.717) is 0 Å². The summed E-state index contributed by atoms with van der Waals surface area (Å²) in [5.41, 5.74) is 18.0. The van der Waals surface area contributed by atoms with Crippen LogP contribution in [-0.4, -0.2) is 11.3 Å². The van der Waals surface area contributed by atoms with Crippen LogP contribution in [0.15, 0.2) is 144 Å². The SMILES string of the molecule is CC(C)(C)c1cc(N2c3ccc(-c4ccccc4)cc3B3c4c2cc2c(oc5ccccc52)c4-c2cccc4c5ccccc5n3c24)cc(C(C)(C)C)c1. The molecule has 11 rings (SSSR count). The first kappa shape index (κ1) is 31.5. The zero-order valence-corrected chi connectivity index (χ0v) is 31.7. The number of rotatable bonds is 2. The molecule has 0 saturated heterocycles. The lowest BCUT2D eigenvalue weighted by Crippen LogP contribution is -2.56. The molecule has 260 valence electrons. The number of nitrogens with zero attached hydrogens (tertiary/aromatic N) is 2. The van der Waals surface area contributed by atoms with E-state index >= 15 is 0 Å². The van der Waals surface area contributed by atoms with E-state index < -0.39 is 0 Å². The topological polar surface area (TPSA) is 21.3 Å². The molecule has 0 N–H and O–H groups in total. The maximum absolute atomic E-state index is 6.96. The zero-order valence-electron chi connectivity index (χ0n) is 31.7. The third-order valence-corrected chi connectivity index (χ3v) is 12.0. The van der Waals surface area contributed by atoms with Crippen molar-refractivity contribution in [2.45, 2.75) is 52.4 Å². The van der Waals surface area contributed by atoms with E-state index in [2.05, 4.69) is 190 Å². The fourth-order valence-corrected chi connectivity index (χ4v) is 9.34. The van der Waals surface area contributed by atoms with Crippen LogP contribution in [0.25, 0.3) is 66.0 Å². The van der Waals surface area contributed by atoms with Crippen molar-refractivity contribution in [3.8, 4) is 22.3 Å². The van der Waals surface area contributed by atoms with E-state index in [9.17, 15) is 0 Å². The highest BCUT2D eigenvalue weighted by molar-refractivity contribution is 6.90. The first-order chi connectivity index (χ1) is 26.1. The number of para-hydroxylation sites is 3. The van der Waals surface area contributed by atoms with Crippen LogP contribution < -0.4 is 15.8 Å². The lowest BCUT2D eigenvalue weighted by atomic mass is 9.44. The van der Waals surface area contributed by atoms with E-state index in [-0.39, 0.29) is 17.7 Å². The van der Waals surface area contributed by atoms with E-state index in [1.54, 1.807) is 0 Å². The third kappa shape index (κ3) is 4.31. The third-order valence-electron chi connectivity index (χ3n) is 12.0. The first-order valence-electron chi connectivity index (χ1n) is 19.2. The summed E-state index contributed by atoms with van der Waals surface area (Å²) in [7, 11) is 0. The second-order valence-electron chi connectivity index (χ2n) is 17.4. The van der Waals surface area contributed by atoms with Crippen LogP contribution >= 0.6 is 0 Å². The van der Waals surface area contributed by atoms with Gasteiger partial charge in [0.25, 0.3) is 0 Å². The smallest absolute Gasteiger partial charge is 0.333 e. The first-order valence-corrected chi connectivity index (χ1v) is 19.2. The van der Waals surface area contributed by atoms with Crippen LogP contribution in [0.3, 0.4) is 0 Å². The molecule has 0 amide bonds. The van der Waals surface area contributed by atoms with Crippen LogP contribution in [0.1, 0.15) is 52.7 Å². The second-order valence-corrected chi connectivity index (χ2v) is 17.4. The van der Waals surface area contributed by atoms with Gasteiger partial charge in [-0.05, 0) is 80.4 Å². The molecule has 0 atom stereocenters. The van der Waals surface area contributed by atoms with Crippen molar-refractivity contribution >= 4 is 78.6 Å². The Balaban J connectivity index is 1.35. The molecule has 0 radical (unpaired) electrons. The molecule has 7 aromatic carbocycles. The predicted octanol–water partition coefficient (Wildman–Crippen LogP) is 12.4. The summed E-state index contributed by atoms with van der Waals surface area (Å²) < 4.78 is 9.60. The second kappa shape index (κ2) is 10.8. The molecule has 0 unspecified atom stereocenters. The van der Waals surface area contributed by atoms with Gasteiger partial charge in [-0.1, -0.05) is 145 Å². The highest BCUT2D eigenvalue weighted by Crippen LogP contribution is 2.50. The minimum Gasteiger partial charge on any atom is -0.455 e. The molecular weight excluding hydrogens is 655 g/mol. The molecule has 4 heterocycles. The number of aromatic nitrogens is 1. The van der Waals surface area contributed by atoms with Crippen molar-refractivity contribution in [3.63, 3.8) is 0 Å². The number of furan rings is 1. The summed E-state index contributed by atoms with van der Waals surface area (Å²) in [5, 5.41) is 4.85. The zero-order chi connectivity index (χ0) is 36.7. The maximum atomic E-state index is 6.96. The van der Waals surface area contributed by atoms with Gasteiger partial charge in [0.05, 0.1) is 0 Å². The van der Waals surface area contributed by atoms with Gasteiger partial charge in [-0.3, -0.25) is 0 Å². The Morgan fingerprint density at radius 2 is 1.22 bits per heavy atom. The van der Waals surface area contributed by atoms with Crippen molar-refractivity contribution in [1.29, 1.82) is 0 Å². The number of anilines is 3.